The van der Waals surface area contributed by atoms with Gasteiger partial charge in [-0.1, -0.05) is 0 Å². The van der Waals surface area contributed by atoms with Crippen molar-refractivity contribution in [2.75, 3.05) is 13.2 Å². The molecule has 20 heavy (non-hydrogen) atoms. The van der Waals surface area contributed by atoms with Crippen molar-refractivity contribution >= 4 is 11.9 Å². The van der Waals surface area contributed by atoms with E-state index in [1.165, 1.54) is 13.8 Å². The fourth-order valence-corrected chi connectivity index (χ4v) is 1.57. The lowest BCUT2D eigenvalue weighted by atomic mass is 10.0. The van der Waals surface area contributed by atoms with Gasteiger partial charge in [0.2, 0.25) is 0 Å². The van der Waals surface area contributed by atoms with Gasteiger partial charge in [0.05, 0.1) is 13.2 Å². The van der Waals surface area contributed by atoms with Crippen molar-refractivity contribution < 1.29 is 32.2 Å². The van der Waals surface area contributed by atoms with Crippen molar-refractivity contribution in [2.45, 2.75) is 20.8 Å². The Hall–Kier alpha value is -2.05. The Morgan fingerprint density at radius 2 is 1.25 bits per heavy atom. The minimum atomic E-state index is -1.63. The van der Waals surface area contributed by atoms with Crippen molar-refractivity contribution in [1.29, 1.82) is 0 Å². The maximum Gasteiger partial charge on any atom is 0.342 e. The summed E-state index contributed by atoms with van der Waals surface area (Å²) in [6.45, 7) is 3.58. The van der Waals surface area contributed by atoms with E-state index in [1.54, 1.807) is 0 Å². The molecule has 0 aliphatic heterocycles. The number of ether oxygens (including phenoxy) is 2. The molecule has 0 saturated carbocycles. The summed E-state index contributed by atoms with van der Waals surface area (Å²) in [5.41, 5.74) is -2.76. The molecule has 4 nitrogen and oxygen atoms in total. The standard InChI is InChI=1S/C13H13F3O4/c1-4-19-12(17)7-8(13(18)20-5-2)11(16)10(15)6(3)9(7)14/h4-5H2,1-3H3. The van der Waals surface area contributed by atoms with Crippen molar-refractivity contribution in [3.05, 3.63) is 34.1 Å². The van der Waals surface area contributed by atoms with Crippen LogP contribution in [0.4, 0.5) is 13.2 Å². The second kappa shape index (κ2) is 6.40. The number of esters is 2. The summed E-state index contributed by atoms with van der Waals surface area (Å²) in [4.78, 5) is 23.3. The summed E-state index contributed by atoms with van der Waals surface area (Å²) in [6.07, 6.45) is 0. The maximum absolute atomic E-state index is 14.0. The summed E-state index contributed by atoms with van der Waals surface area (Å²) in [5, 5.41) is 0. The SMILES string of the molecule is CCOC(=O)c1c(F)c(C)c(F)c(F)c1C(=O)OCC. The molecule has 0 N–H and O–H groups in total. The van der Waals surface area contributed by atoms with Gasteiger partial charge < -0.3 is 9.47 Å². The summed E-state index contributed by atoms with van der Waals surface area (Å²) in [6, 6.07) is 0. The molecule has 0 fully saturated rings. The Balaban J connectivity index is 3.60. The number of carbonyl (C=O) groups excluding carboxylic acids is 2. The lowest BCUT2D eigenvalue weighted by Crippen LogP contribution is -2.20. The molecule has 0 aromatic heterocycles. The lowest BCUT2D eigenvalue weighted by molar-refractivity contribution is 0.0468. The average Bonchev–Trinajstić information content (AvgIpc) is 2.40. The van der Waals surface area contributed by atoms with Crippen molar-refractivity contribution in [1.82, 2.24) is 0 Å². The number of carbonyl (C=O) groups is 2. The Kier molecular flexibility index (Phi) is 5.12. The lowest BCUT2D eigenvalue weighted by Gasteiger charge is -2.13. The average molecular weight is 290 g/mol. The van der Waals surface area contributed by atoms with E-state index >= 15 is 0 Å². The Labute approximate surface area is 113 Å². The highest BCUT2D eigenvalue weighted by atomic mass is 19.2. The quantitative estimate of drug-likeness (QED) is 0.632. The van der Waals surface area contributed by atoms with Gasteiger partial charge in [0, 0.05) is 5.56 Å². The highest BCUT2D eigenvalue weighted by Gasteiger charge is 2.32. The van der Waals surface area contributed by atoms with Crippen LogP contribution in [0.5, 0.6) is 0 Å². The zero-order chi connectivity index (χ0) is 15.4. The van der Waals surface area contributed by atoms with Crippen LogP contribution in [0.15, 0.2) is 0 Å². The second-order valence-corrected chi connectivity index (χ2v) is 3.76. The summed E-state index contributed by atoms with van der Waals surface area (Å²) in [5.74, 6) is -7.10. The van der Waals surface area contributed by atoms with Crippen LogP contribution >= 0.6 is 0 Å². The van der Waals surface area contributed by atoms with Crippen LogP contribution in [0.1, 0.15) is 40.1 Å². The van der Waals surface area contributed by atoms with Gasteiger partial charge in [0.25, 0.3) is 0 Å². The molecule has 0 unspecified atom stereocenters. The van der Waals surface area contributed by atoms with Crippen LogP contribution in [-0.4, -0.2) is 25.2 Å². The van der Waals surface area contributed by atoms with Crippen molar-refractivity contribution in [3.8, 4) is 0 Å². The molecule has 0 bridgehead atoms. The first kappa shape index (κ1) is 16.0. The topological polar surface area (TPSA) is 52.6 Å². The van der Waals surface area contributed by atoms with Crippen LogP contribution in [0, 0.1) is 24.4 Å². The molecule has 0 aliphatic carbocycles. The Morgan fingerprint density at radius 3 is 1.65 bits per heavy atom. The molecular weight excluding hydrogens is 277 g/mol. The molecule has 7 heteroatoms. The smallest absolute Gasteiger partial charge is 0.342 e. The van der Waals surface area contributed by atoms with E-state index in [0.717, 1.165) is 6.92 Å². The molecule has 1 aromatic rings. The van der Waals surface area contributed by atoms with Crippen LogP contribution < -0.4 is 0 Å². The minimum Gasteiger partial charge on any atom is -0.462 e. The third-order valence-electron chi connectivity index (χ3n) is 2.50. The van der Waals surface area contributed by atoms with E-state index in [1.807, 2.05) is 0 Å². The normalized spacial score (nSPS) is 10.3. The zero-order valence-corrected chi connectivity index (χ0v) is 11.2. The number of benzene rings is 1. The van der Waals surface area contributed by atoms with Crippen LogP contribution in [0.3, 0.4) is 0 Å². The summed E-state index contributed by atoms with van der Waals surface area (Å²) >= 11 is 0. The van der Waals surface area contributed by atoms with E-state index in [0.29, 0.717) is 0 Å². The van der Waals surface area contributed by atoms with E-state index in [-0.39, 0.29) is 13.2 Å². The highest BCUT2D eigenvalue weighted by Crippen LogP contribution is 2.26. The third kappa shape index (κ3) is 2.76. The molecule has 0 atom stereocenters. The summed E-state index contributed by atoms with van der Waals surface area (Å²) in [7, 11) is 0. The van der Waals surface area contributed by atoms with Gasteiger partial charge in [-0.2, -0.15) is 0 Å². The van der Waals surface area contributed by atoms with Crippen molar-refractivity contribution in [2.24, 2.45) is 0 Å². The predicted molar refractivity (Wildman–Crippen MR) is 63.0 cm³/mol. The van der Waals surface area contributed by atoms with E-state index in [2.05, 4.69) is 9.47 Å². The monoisotopic (exact) mass is 290 g/mol. The van der Waals surface area contributed by atoms with E-state index in [4.69, 9.17) is 0 Å². The van der Waals surface area contributed by atoms with Crippen LogP contribution in [-0.2, 0) is 9.47 Å². The van der Waals surface area contributed by atoms with Crippen LogP contribution in [0.2, 0.25) is 0 Å². The van der Waals surface area contributed by atoms with E-state index in [9.17, 15) is 22.8 Å². The predicted octanol–water partition coefficient (Wildman–Crippen LogP) is 2.77. The fraction of sp³-hybridized carbons (Fsp3) is 0.385. The largest absolute Gasteiger partial charge is 0.462 e. The second-order valence-electron chi connectivity index (χ2n) is 3.76. The highest BCUT2D eigenvalue weighted by molar-refractivity contribution is 6.03. The molecule has 0 heterocycles. The van der Waals surface area contributed by atoms with Gasteiger partial charge in [-0.05, 0) is 20.8 Å². The first-order valence-electron chi connectivity index (χ1n) is 5.88. The Morgan fingerprint density at radius 1 is 0.850 bits per heavy atom. The minimum absolute atomic E-state index is 0.113. The number of hydrogen-bond donors (Lipinski definition) is 0. The summed E-state index contributed by atoms with van der Waals surface area (Å²) < 4.78 is 50.4. The van der Waals surface area contributed by atoms with E-state index < -0.39 is 46.1 Å². The molecule has 1 rings (SSSR count). The van der Waals surface area contributed by atoms with Gasteiger partial charge in [-0.3, -0.25) is 0 Å². The number of rotatable bonds is 4. The van der Waals surface area contributed by atoms with Gasteiger partial charge in [0.1, 0.15) is 16.9 Å². The zero-order valence-electron chi connectivity index (χ0n) is 11.2. The van der Waals surface area contributed by atoms with Gasteiger partial charge in [-0.15, -0.1) is 0 Å². The molecule has 0 spiro atoms. The number of hydrogen-bond acceptors (Lipinski definition) is 4. The Bertz CT molecular complexity index is 506. The first-order chi connectivity index (χ1) is 9.36. The molecule has 0 aliphatic rings. The molecule has 1 aromatic carbocycles. The van der Waals surface area contributed by atoms with Crippen molar-refractivity contribution in [3.63, 3.8) is 0 Å². The van der Waals surface area contributed by atoms with Gasteiger partial charge in [-0.25, -0.2) is 22.8 Å². The van der Waals surface area contributed by atoms with Crippen LogP contribution in [0.25, 0.3) is 0 Å². The molecular formula is C13H13F3O4. The fourth-order valence-electron chi connectivity index (χ4n) is 1.57. The van der Waals surface area contributed by atoms with Gasteiger partial charge in [0.15, 0.2) is 11.6 Å². The third-order valence-corrected chi connectivity index (χ3v) is 2.50. The molecule has 0 radical (unpaired) electrons. The first-order valence-corrected chi connectivity index (χ1v) is 5.88. The van der Waals surface area contributed by atoms with Gasteiger partial charge >= 0.3 is 11.9 Å². The maximum atomic E-state index is 14.0. The molecule has 0 saturated heterocycles. The number of halogens is 3. The molecule has 0 amide bonds. The molecule has 110 valence electrons.